The molecule has 2 amide bonds. The third-order valence-electron chi connectivity index (χ3n) is 6.51. The summed E-state index contributed by atoms with van der Waals surface area (Å²) < 4.78 is 5.88. The number of carbonyl (C=O) groups excluding carboxylic acids is 2. The number of fused-ring (bicyclic) bond motifs is 2. The summed E-state index contributed by atoms with van der Waals surface area (Å²) in [6.07, 6.45) is 9.56. The number of nitrogens with one attached hydrogen (secondary N) is 1. The van der Waals surface area contributed by atoms with Crippen LogP contribution in [0.15, 0.2) is 36.3 Å². The molecule has 0 aliphatic carbocycles. The molecule has 8 nitrogen and oxygen atoms in total. The predicted octanol–water partition coefficient (Wildman–Crippen LogP) is 1.96. The lowest BCUT2D eigenvalue weighted by atomic mass is 10.00. The molecule has 0 saturated carbocycles. The Labute approximate surface area is 182 Å². The van der Waals surface area contributed by atoms with Crippen LogP contribution in [-0.4, -0.2) is 65.5 Å². The van der Waals surface area contributed by atoms with Crippen LogP contribution in [0.5, 0.6) is 5.75 Å². The standard InChI is InChI=1S/C23H29N5O3/c1-15-4-3-6-26(14-15)23(30)17-10-19-21(25-13-17)27(8-9-31-19)18-5-7-28-20(11-18)24-12-16(2)22(28)29/h5,7,10-11,13,15-16,20,24H,3-4,6,8-9,12,14H2,1-2H3/t15-,16?,20?/m0/s1. The Morgan fingerprint density at radius 3 is 3.00 bits per heavy atom. The summed E-state index contributed by atoms with van der Waals surface area (Å²) in [6.45, 7) is 7.55. The number of pyridine rings is 1. The van der Waals surface area contributed by atoms with Crippen molar-refractivity contribution in [2.24, 2.45) is 11.8 Å². The lowest BCUT2D eigenvalue weighted by molar-refractivity contribution is -0.136. The lowest BCUT2D eigenvalue weighted by Gasteiger charge is -2.40. The Kier molecular flexibility index (Phi) is 5.17. The number of ether oxygens (including phenoxy) is 1. The van der Waals surface area contributed by atoms with Crippen LogP contribution in [0.1, 0.15) is 37.0 Å². The van der Waals surface area contributed by atoms with Crippen LogP contribution in [0.4, 0.5) is 5.82 Å². The zero-order valence-electron chi connectivity index (χ0n) is 18.1. The number of hydrogen-bond acceptors (Lipinski definition) is 6. The number of amides is 2. The quantitative estimate of drug-likeness (QED) is 0.784. The van der Waals surface area contributed by atoms with Crippen molar-refractivity contribution in [2.75, 3.05) is 37.7 Å². The van der Waals surface area contributed by atoms with E-state index in [1.165, 1.54) is 6.42 Å². The van der Waals surface area contributed by atoms with E-state index in [2.05, 4.69) is 28.2 Å². The molecule has 2 fully saturated rings. The maximum atomic E-state index is 13.0. The van der Waals surface area contributed by atoms with Gasteiger partial charge in [0.2, 0.25) is 5.91 Å². The minimum Gasteiger partial charge on any atom is -0.488 e. The number of rotatable bonds is 2. The topological polar surface area (TPSA) is 78.0 Å². The normalized spacial score (nSPS) is 27.9. The van der Waals surface area contributed by atoms with Gasteiger partial charge in [-0.2, -0.15) is 0 Å². The molecule has 8 heteroatoms. The third-order valence-corrected chi connectivity index (χ3v) is 6.51. The summed E-state index contributed by atoms with van der Waals surface area (Å²) in [6, 6.07) is 1.82. The Balaban J connectivity index is 1.37. The van der Waals surface area contributed by atoms with Crippen molar-refractivity contribution in [3.8, 4) is 5.75 Å². The van der Waals surface area contributed by atoms with Crippen molar-refractivity contribution in [1.29, 1.82) is 0 Å². The molecule has 164 valence electrons. The van der Waals surface area contributed by atoms with E-state index in [1.54, 1.807) is 11.1 Å². The van der Waals surface area contributed by atoms with Crippen LogP contribution >= 0.6 is 0 Å². The number of carbonyl (C=O) groups is 2. The van der Waals surface area contributed by atoms with Gasteiger partial charge in [-0.3, -0.25) is 19.8 Å². The molecule has 0 radical (unpaired) electrons. The van der Waals surface area contributed by atoms with Crippen LogP contribution in [0.3, 0.4) is 0 Å². The number of likely N-dealkylation sites (tertiary alicyclic amines) is 1. The number of anilines is 1. The van der Waals surface area contributed by atoms with Gasteiger partial charge in [-0.1, -0.05) is 13.8 Å². The van der Waals surface area contributed by atoms with E-state index >= 15 is 0 Å². The first kappa shape index (κ1) is 20.1. The molecule has 0 spiro atoms. The average molecular weight is 424 g/mol. The van der Waals surface area contributed by atoms with E-state index in [1.807, 2.05) is 30.2 Å². The van der Waals surface area contributed by atoms with Crippen molar-refractivity contribution in [1.82, 2.24) is 20.1 Å². The number of piperidine rings is 1. The molecule has 4 aliphatic rings. The molecule has 0 aromatic carbocycles. The third kappa shape index (κ3) is 3.69. The summed E-state index contributed by atoms with van der Waals surface area (Å²) in [4.78, 5) is 35.8. The van der Waals surface area contributed by atoms with Crippen molar-refractivity contribution in [3.05, 3.63) is 41.9 Å². The largest absolute Gasteiger partial charge is 0.488 e. The number of aromatic nitrogens is 1. The fourth-order valence-electron chi connectivity index (χ4n) is 4.76. The minimum atomic E-state index is -0.156. The van der Waals surface area contributed by atoms with Gasteiger partial charge in [0.1, 0.15) is 12.8 Å². The molecule has 1 N–H and O–H groups in total. The van der Waals surface area contributed by atoms with Crippen molar-refractivity contribution in [3.63, 3.8) is 0 Å². The maximum absolute atomic E-state index is 13.0. The number of hydrogen-bond donors (Lipinski definition) is 1. The van der Waals surface area contributed by atoms with Crippen LogP contribution in [0.25, 0.3) is 0 Å². The summed E-state index contributed by atoms with van der Waals surface area (Å²) in [7, 11) is 0. The molecule has 1 aromatic rings. The molecular formula is C23H29N5O3. The van der Waals surface area contributed by atoms with Gasteiger partial charge in [-0.05, 0) is 37.0 Å². The van der Waals surface area contributed by atoms with E-state index in [9.17, 15) is 9.59 Å². The Hall–Kier alpha value is -2.87. The Morgan fingerprint density at radius 1 is 1.29 bits per heavy atom. The molecule has 2 saturated heterocycles. The van der Waals surface area contributed by atoms with E-state index in [4.69, 9.17) is 4.74 Å². The van der Waals surface area contributed by atoms with E-state index in [-0.39, 0.29) is 23.9 Å². The van der Waals surface area contributed by atoms with Crippen LogP contribution in [0, 0.1) is 11.8 Å². The molecule has 5 rings (SSSR count). The molecule has 3 atom stereocenters. The SMILES string of the molecule is CC1CNC2C=C(N3CCOc4cc(C(=O)N5CCC[C@H](C)C5)cnc43)C=CN2C1=O. The number of nitrogens with zero attached hydrogens (tertiary/aromatic N) is 4. The van der Waals surface area contributed by atoms with Crippen molar-refractivity contribution in [2.45, 2.75) is 32.9 Å². The lowest BCUT2D eigenvalue weighted by Crippen LogP contribution is -2.56. The molecule has 2 unspecified atom stereocenters. The molecule has 1 aromatic heterocycles. The second-order valence-corrected chi connectivity index (χ2v) is 8.95. The smallest absolute Gasteiger partial charge is 0.255 e. The van der Waals surface area contributed by atoms with Gasteiger partial charge in [0.15, 0.2) is 11.6 Å². The summed E-state index contributed by atoms with van der Waals surface area (Å²) in [5, 5.41) is 3.41. The minimum absolute atomic E-state index is 0.0223. The van der Waals surface area contributed by atoms with Gasteiger partial charge in [0.05, 0.1) is 12.1 Å². The first-order valence-corrected chi connectivity index (χ1v) is 11.2. The van der Waals surface area contributed by atoms with Gasteiger partial charge in [0, 0.05) is 43.6 Å². The Morgan fingerprint density at radius 2 is 2.16 bits per heavy atom. The highest BCUT2D eigenvalue weighted by molar-refractivity contribution is 5.95. The maximum Gasteiger partial charge on any atom is 0.255 e. The van der Waals surface area contributed by atoms with Crippen LogP contribution in [0.2, 0.25) is 0 Å². The summed E-state index contributed by atoms with van der Waals surface area (Å²) in [5.41, 5.74) is 1.54. The highest BCUT2D eigenvalue weighted by atomic mass is 16.5. The molecular weight excluding hydrogens is 394 g/mol. The first-order valence-electron chi connectivity index (χ1n) is 11.2. The highest BCUT2D eigenvalue weighted by Gasteiger charge is 2.34. The average Bonchev–Trinajstić information content (AvgIpc) is 2.80. The molecule has 0 bridgehead atoms. The molecule has 31 heavy (non-hydrogen) atoms. The number of allylic oxidation sites excluding steroid dienone is 1. The molecule has 5 heterocycles. The fraction of sp³-hybridized carbons (Fsp3) is 0.522. The second-order valence-electron chi connectivity index (χ2n) is 8.95. The van der Waals surface area contributed by atoms with Gasteiger partial charge < -0.3 is 14.5 Å². The van der Waals surface area contributed by atoms with Gasteiger partial charge >= 0.3 is 0 Å². The van der Waals surface area contributed by atoms with Crippen LogP contribution < -0.4 is 15.0 Å². The van der Waals surface area contributed by atoms with E-state index in [0.717, 1.165) is 25.2 Å². The highest BCUT2D eigenvalue weighted by Crippen LogP contribution is 2.34. The van der Waals surface area contributed by atoms with Crippen LogP contribution in [-0.2, 0) is 4.79 Å². The molecule has 4 aliphatic heterocycles. The van der Waals surface area contributed by atoms with Crippen molar-refractivity contribution >= 4 is 17.6 Å². The fourth-order valence-corrected chi connectivity index (χ4v) is 4.76. The zero-order chi connectivity index (χ0) is 21.5. The van der Waals surface area contributed by atoms with Gasteiger partial charge in [-0.25, -0.2) is 4.98 Å². The monoisotopic (exact) mass is 423 g/mol. The van der Waals surface area contributed by atoms with E-state index in [0.29, 0.717) is 42.7 Å². The van der Waals surface area contributed by atoms with Gasteiger partial charge in [0.25, 0.3) is 5.91 Å². The zero-order valence-corrected chi connectivity index (χ0v) is 18.1. The predicted molar refractivity (Wildman–Crippen MR) is 116 cm³/mol. The van der Waals surface area contributed by atoms with Crippen molar-refractivity contribution < 1.29 is 14.3 Å². The Bertz CT molecular complexity index is 959. The summed E-state index contributed by atoms with van der Waals surface area (Å²) >= 11 is 0. The van der Waals surface area contributed by atoms with Gasteiger partial charge in [-0.15, -0.1) is 0 Å². The summed E-state index contributed by atoms with van der Waals surface area (Å²) in [5.74, 6) is 1.98. The van der Waals surface area contributed by atoms with E-state index < -0.39 is 0 Å². The first-order chi connectivity index (χ1) is 15.0. The second kappa shape index (κ2) is 8.00.